The first kappa shape index (κ1) is 11.7. The molecule has 0 saturated carbocycles. The van der Waals surface area contributed by atoms with Crippen LogP contribution < -0.4 is 5.48 Å². The molecule has 3 heteroatoms. The minimum absolute atomic E-state index is 0.344. The maximum absolute atomic E-state index is 5.13. The number of halogens is 1. The van der Waals surface area contributed by atoms with Crippen molar-refractivity contribution in [3.8, 4) is 0 Å². The van der Waals surface area contributed by atoms with Crippen molar-refractivity contribution >= 4 is 15.9 Å². The molecule has 0 radical (unpaired) electrons. The average Bonchev–Trinajstić information content (AvgIpc) is 2.18. The molecule has 0 aliphatic heterocycles. The van der Waals surface area contributed by atoms with Crippen molar-refractivity contribution < 1.29 is 4.84 Å². The fraction of sp³-hybridized carbons (Fsp3) is 0.455. The smallest absolute Gasteiger partial charge is 0.0654 e. The maximum atomic E-state index is 5.13. The average molecular weight is 258 g/mol. The zero-order chi connectivity index (χ0) is 10.4. The number of nitrogens with one attached hydrogen (secondary N) is 1. The topological polar surface area (TPSA) is 21.3 Å². The number of hydroxylamine groups is 1. The molecule has 0 aliphatic rings. The minimum atomic E-state index is 0.344. The third-order valence-corrected chi connectivity index (χ3v) is 2.41. The second kappa shape index (κ2) is 6.17. The summed E-state index contributed by atoms with van der Waals surface area (Å²) in [5.41, 5.74) is 4.30. The van der Waals surface area contributed by atoms with Crippen molar-refractivity contribution in [1.82, 2.24) is 5.48 Å². The van der Waals surface area contributed by atoms with E-state index in [4.69, 9.17) is 4.84 Å². The van der Waals surface area contributed by atoms with Crippen LogP contribution in [0.3, 0.4) is 0 Å². The van der Waals surface area contributed by atoms with E-state index in [1.54, 1.807) is 0 Å². The van der Waals surface area contributed by atoms with E-state index in [2.05, 4.69) is 52.6 Å². The lowest BCUT2D eigenvalue weighted by atomic mass is 10.1. The maximum Gasteiger partial charge on any atom is 0.0654 e. The SMILES string of the molecule is CCONC(C)Cc1ccc(Br)cc1. The summed E-state index contributed by atoms with van der Waals surface area (Å²) in [6, 6.07) is 8.70. The Hall–Kier alpha value is -0.380. The summed E-state index contributed by atoms with van der Waals surface area (Å²) >= 11 is 3.41. The molecule has 0 heterocycles. The van der Waals surface area contributed by atoms with Crippen molar-refractivity contribution in [3.05, 3.63) is 34.3 Å². The summed E-state index contributed by atoms with van der Waals surface area (Å²) < 4.78 is 1.12. The Morgan fingerprint density at radius 3 is 2.57 bits per heavy atom. The summed E-state index contributed by atoms with van der Waals surface area (Å²) in [7, 11) is 0. The molecule has 78 valence electrons. The van der Waals surface area contributed by atoms with E-state index < -0.39 is 0 Å². The monoisotopic (exact) mass is 257 g/mol. The molecule has 0 aromatic heterocycles. The zero-order valence-electron chi connectivity index (χ0n) is 8.59. The van der Waals surface area contributed by atoms with Crippen LogP contribution in [0.2, 0.25) is 0 Å². The fourth-order valence-electron chi connectivity index (χ4n) is 1.24. The van der Waals surface area contributed by atoms with Gasteiger partial charge in [0, 0.05) is 10.5 Å². The normalized spacial score (nSPS) is 12.8. The first-order valence-electron chi connectivity index (χ1n) is 4.84. The Bertz CT molecular complexity index is 260. The molecule has 0 amide bonds. The van der Waals surface area contributed by atoms with Crippen molar-refractivity contribution in [2.24, 2.45) is 0 Å². The van der Waals surface area contributed by atoms with Gasteiger partial charge in [-0.1, -0.05) is 28.1 Å². The molecule has 0 fully saturated rings. The van der Waals surface area contributed by atoms with Crippen LogP contribution in [0.5, 0.6) is 0 Å². The third-order valence-electron chi connectivity index (χ3n) is 1.88. The van der Waals surface area contributed by atoms with Crippen LogP contribution in [0.1, 0.15) is 19.4 Å². The molecule has 2 nitrogen and oxygen atoms in total. The fourth-order valence-corrected chi connectivity index (χ4v) is 1.51. The van der Waals surface area contributed by atoms with Gasteiger partial charge in [-0.2, -0.15) is 5.48 Å². The van der Waals surface area contributed by atoms with E-state index in [-0.39, 0.29) is 0 Å². The van der Waals surface area contributed by atoms with Gasteiger partial charge < -0.3 is 4.84 Å². The van der Waals surface area contributed by atoms with E-state index in [9.17, 15) is 0 Å². The van der Waals surface area contributed by atoms with Gasteiger partial charge in [0.2, 0.25) is 0 Å². The Kier molecular flexibility index (Phi) is 5.15. The highest BCUT2D eigenvalue weighted by Gasteiger charge is 2.02. The van der Waals surface area contributed by atoms with E-state index >= 15 is 0 Å². The lowest BCUT2D eigenvalue weighted by Crippen LogP contribution is -2.28. The molecular formula is C11H16BrNO. The van der Waals surface area contributed by atoms with E-state index in [1.165, 1.54) is 5.56 Å². The first-order chi connectivity index (χ1) is 6.72. The molecule has 0 bridgehead atoms. The summed E-state index contributed by atoms with van der Waals surface area (Å²) in [6.07, 6.45) is 0.979. The van der Waals surface area contributed by atoms with Crippen LogP contribution in [-0.2, 0) is 11.3 Å². The summed E-state index contributed by atoms with van der Waals surface area (Å²) in [5, 5.41) is 0. The molecule has 1 atom stereocenters. The molecule has 1 unspecified atom stereocenters. The first-order valence-corrected chi connectivity index (χ1v) is 5.63. The highest BCUT2D eigenvalue weighted by Crippen LogP contribution is 2.11. The third kappa shape index (κ3) is 4.22. The van der Waals surface area contributed by atoms with Gasteiger partial charge in [-0.15, -0.1) is 0 Å². The largest absolute Gasteiger partial charge is 0.302 e. The van der Waals surface area contributed by atoms with Gasteiger partial charge in [0.25, 0.3) is 0 Å². The quantitative estimate of drug-likeness (QED) is 0.820. The lowest BCUT2D eigenvalue weighted by Gasteiger charge is -2.12. The van der Waals surface area contributed by atoms with Gasteiger partial charge in [-0.3, -0.25) is 0 Å². The number of rotatable bonds is 5. The van der Waals surface area contributed by atoms with Gasteiger partial charge in [0.1, 0.15) is 0 Å². The van der Waals surface area contributed by atoms with Crippen molar-refractivity contribution in [1.29, 1.82) is 0 Å². The highest BCUT2D eigenvalue weighted by molar-refractivity contribution is 9.10. The van der Waals surface area contributed by atoms with Gasteiger partial charge in [0.15, 0.2) is 0 Å². The minimum Gasteiger partial charge on any atom is -0.302 e. The molecule has 0 saturated heterocycles. The molecular weight excluding hydrogens is 242 g/mol. The molecule has 0 aliphatic carbocycles. The molecule has 0 spiro atoms. The van der Waals surface area contributed by atoms with Crippen LogP contribution >= 0.6 is 15.9 Å². The molecule has 1 rings (SSSR count). The Morgan fingerprint density at radius 1 is 1.36 bits per heavy atom. The Balaban J connectivity index is 2.39. The predicted octanol–water partition coefficient (Wildman–Crippen LogP) is 2.92. The van der Waals surface area contributed by atoms with Crippen molar-refractivity contribution in [3.63, 3.8) is 0 Å². The zero-order valence-corrected chi connectivity index (χ0v) is 10.2. The lowest BCUT2D eigenvalue weighted by molar-refractivity contribution is 0.0290. The molecule has 1 aromatic carbocycles. The van der Waals surface area contributed by atoms with Crippen LogP contribution in [0.4, 0.5) is 0 Å². The van der Waals surface area contributed by atoms with E-state index in [1.807, 2.05) is 6.92 Å². The van der Waals surface area contributed by atoms with E-state index in [0.717, 1.165) is 10.9 Å². The number of hydrogen-bond donors (Lipinski definition) is 1. The standard InChI is InChI=1S/C11H16BrNO/c1-3-14-13-9(2)8-10-4-6-11(12)7-5-10/h4-7,9,13H,3,8H2,1-2H3. The summed E-state index contributed by atoms with van der Waals surface area (Å²) in [6.45, 7) is 4.78. The molecule has 1 N–H and O–H groups in total. The van der Waals surface area contributed by atoms with Gasteiger partial charge in [-0.05, 0) is 38.0 Å². The Morgan fingerprint density at radius 2 is 2.00 bits per heavy atom. The van der Waals surface area contributed by atoms with Crippen LogP contribution in [0.25, 0.3) is 0 Å². The second-order valence-corrected chi connectivity index (χ2v) is 4.20. The van der Waals surface area contributed by atoms with Gasteiger partial charge in [-0.25, -0.2) is 0 Å². The highest BCUT2D eigenvalue weighted by atomic mass is 79.9. The van der Waals surface area contributed by atoms with Crippen LogP contribution in [0.15, 0.2) is 28.7 Å². The Labute approximate surface area is 93.7 Å². The molecule has 14 heavy (non-hydrogen) atoms. The van der Waals surface area contributed by atoms with Gasteiger partial charge >= 0.3 is 0 Å². The molecule has 1 aromatic rings. The predicted molar refractivity (Wildman–Crippen MR) is 62.1 cm³/mol. The van der Waals surface area contributed by atoms with Crippen molar-refractivity contribution in [2.45, 2.75) is 26.3 Å². The summed E-state index contributed by atoms with van der Waals surface area (Å²) in [4.78, 5) is 5.13. The van der Waals surface area contributed by atoms with E-state index in [0.29, 0.717) is 12.6 Å². The van der Waals surface area contributed by atoms with Crippen LogP contribution in [0, 0.1) is 0 Å². The summed E-state index contributed by atoms with van der Waals surface area (Å²) in [5.74, 6) is 0. The van der Waals surface area contributed by atoms with Crippen LogP contribution in [-0.4, -0.2) is 12.6 Å². The van der Waals surface area contributed by atoms with Gasteiger partial charge in [0.05, 0.1) is 6.61 Å². The number of hydrogen-bond acceptors (Lipinski definition) is 2. The van der Waals surface area contributed by atoms with Crippen molar-refractivity contribution in [2.75, 3.05) is 6.61 Å². The second-order valence-electron chi connectivity index (χ2n) is 3.28. The number of benzene rings is 1.